The molecule has 0 atom stereocenters. The van der Waals surface area contributed by atoms with Crippen molar-refractivity contribution in [1.82, 2.24) is 0 Å². The lowest BCUT2D eigenvalue weighted by atomic mass is 10.0. The smallest absolute Gasteiger partial charge is 0.0434 e. The lowest BCUT2D eigenvalue weighted by molar-refractivity contribution is 0.288. The monoisotopic (exact) mass is 216 g/mol. The van der Waals surface area contributed by atoms with E-state index in [4.69, 9.17) is 5.11 Å². The van der Waals surface area contributed by atoms with Crippen LogP contribution in [0.25, 0.3) is 6.08 Å². The summed E-state index contributed by atoms with van der Waals surface area (Å²) in [5.74, 6) is 0. The predicted octanol–water partition coefficient (Wildman–Crippen LogP) is 3.35. The molecule has 0 unspecified atom stereocenters. The van der Waals surface area contributed by atoms with Crippen molar-refractivity contribution in [2.75, 3.05) is 6.61 Å². The first kappa shape index (κ1) is 11.4. The number of hydrogen-bond acceptors (Lipinski definition) is 1. The first-order chi connectivity index (χ1) is 7.79. The van der Waals surface area contributed by atoms with Crippen molar-refractivity contribution in [3.63, 3.8) is 0 Å². The van der Waals surface area contributed by atoms with Crippen LogP contribution < -0.4 is 0 Å². The summed E-state index contributed by atoms with van der Waals surface area (Å²) < 4.78 is 0. The minimum Gasteiger partial charge on any atom is -0.396 e. The van der Waals surface area contributed by atoms with Gasteiger partial charge in [0.05, 0.1) is 0 Å². The van der Waals surface area contributed by atoms with Crippen LogP contribution in [0.5, 0.6) is 0 Å². The second-order valence-corrected chi connectivity index (χ2v) is 4.70. The molecule has 1 aromatic carbocycles. The minimum absolute atomic E-state index is 0.287. The van der Waals surface area contributed by atoms with Gasteiger partial charge in [0.2, 0.25) is 0 Å². The van der Waals surface area contributed by atoms with Crippen LogP contribution in [-0.2, 0) is 12.8 Å². The Hall–Kier alpha value is -1.08. The third kappa shape index (κ3) is 2.73. The van der Waals surface area contributed by atoms with Gasteiger partial charge in [0.15, 0.2) is 0 Å². The van der Waals surface area contributed by atoms with E-state index in [-0.39, 0.29) is 6.61 Å². The minimum atomic E-state index is 0.287. The van der Waals surface area contributed by atoms with Gasteiger partial charge in [-0.25, -0.2) is 0 Å². The van der Waals surface area contributed by atoms with Gasteiger partial charge >= 0.3 is 0 Å². The van der Waals surface area contributed by atoms with Crippen LogP contribution in [0, 0.1) is 0 Å². The fraction of sp³-hybridized carbons (Fsp3) is 0.467. The first-order valence-corrected chi connectivity index (χ1v) is 6.19. The molecule has 16 heavy (non-hydrogen) atoms. The van der Waals surface area contributed by atoms with Crippen LogP contribution in [0.2, 0.25) is 0 Å². The van der Waals surface area contributed by atoms with Crippen molar-refractivity contribution in [2.24, 2.45) is 0 Å². The normalized spacial score (nSPS) is 15.2. The molecule has 1 aliphatic rings. The number of fused-ring (bicyclic) bond motifs is 1. The average molecular weight is 216 g/mol. The number of aliphatic hydroxyl groups excluding tert-OH is 1. The maximum atomic E-state index is 8.78. The van der Waals surface area contributed by atoms with Crippen LogP contribution in [0.3, 0.4) is 0 Å². The molecule has 1 N–H and O–H groups in total. The maximum absolute atomic E-state index is 8.78. The Labute approximate surface area is 97.8 Å². The predicted molar refractivity (Wildman–Crippen MR) is 68.4 cm³/mol. The van der Waals surface area contributed by atoms with Crippen molar-refractivity contribution < 1.29 is 5.11 Å². The topological polar surface area (TPSA) is 20.2 Å². The summed E-state index contributed by atoms with van der Waals surface area (Å²) in [5, 5.41) is 8.78. The van der Waals surface area contributed by atoms with Crippen LogP contribution in [0.4, 0.5) is 0 Å². The molecule has 0 saturated carbocycles. The van der Waals surface area contributed by atoms with Gasteiger partial charge in [-0.05, 0) is 55.7 Å². The Morgan fingerprint density at radius 2 is 2.12 bits per heavy atom. The van der Waals surface area contributed by atoms with Crippen molar-refractivity contribution in [3.8, 4) is 0 Å². The van der Waals surface area contributed by atoms with Crippen LogP contribution >= 0.6 is 0 Å². The average Bonchev–Trinajstić information content (AvgIpc) is 2.73. The molecule has 0 fully saturated rings. The van der Waals surface area contributed by atoms with Gasteiger partial charge in [0, 0.05) is 6.61 Å². The Kier molecular flexibility index (Phi) is 3.79. The number of benzene rings is 1. The van der Waals surface area contributed by atoms with Gasteiger partial charge in [-0.3, -0.25) is 0 Å². The molecule has 0 amide bonds. The number of allylic oxidation sites excluding steroid dienone is 1. The van der Waals surface area contributed by atoms with E-state index in [0.29, 0.717) is 0 Å². The van der Waals surface area contributed by atoms with E-state index in [1.807, 2.05) is 0 Å². The zero-order valence-electron chi connectivity index (χ0n) is 10.00. The van der Waals surface area contributed by atoms with E-state index in [0.717, 1.165) is 12.8 Å². The summed E-state index contributed by atoms with van der Waals surface area (Å²) >= 11 is 0. The quantitative estimate of drug-likeness (QED) is 0.818. The lowest BCUT2D eigenvalue weighted by Crippen LogP contribution is -1.86. The summed E-state index contributed by atoms with van der Waals surface area (Å²) in [5.41, 5.74) is 5.73. The zero-order valence-corrected chi connectivity index (χ0v) is 10.00. The fourth-order valence-corrected chi connectivity index (χ4v) is 2.40. The Morgan fingerprint density at radius 3 is 2.94 bits per heavy atom. The van der Waals surface area contributed by atoms with Gasteiger partial charge in [-0.15, -0.1) is 0 Å². The van der Waals surface area contributed by atoms with E-state index in [2.05, 4.69) is 31.2 Å². The lowest BCUT2D eigenvalue weighted by Gasteiger charge is -2.03. The van der Waals surface area contributed by atoms with Crippen molar-refractivity contribution in [1.29, 1.82) is 0 Å². The standard InChI is InChI=1S/C15H20O/c1-12(4-3-9-16)10-13-7-8-14-5-2-6-15(14)11-13/h7-8,10-11,16H,2-6,9H2,1H3/b12-10+. The summed E-state index contributed by atoms with van der Waals surface area (Å²) in [6.07, 6.45) is 7.91. The zero-order chi connectivity index (χ0) is 11.4. The molecule has 0 aliphatic heterocycles. The van der Waals surface area contributed by atoms with E-state index >= 15 is 0 Å². The molecule has 1 aromatic rings. The van der Waals surface area contributed by atoms with Gasteiger partial charge in [0.25, 0.3) is 0 Å². The van der Waals surface area contributed by atoms with Crippen molar-refractivity contribution in [3.05, 3.63) is 40.5 Å². The highest BCUT2D eigenvalue weighted by atomic mass is 16.2. The molecule has 0 spiro atoms. The summed E-state index contributed by atoms with van der Waals surface area (Å²) in [7, 11) is 0. The van der Waals surface area contributed by atoms with Gasteiger partial charge in [-0.2, -0.15) is 0 Å². The van der Waals surface area contributed by atoms with Crippen molar-refractivity contribution in [2.45, 2.75) is 39.0 Å². The van der Waals surface area contributed by atoms with E-state index < -0.39 is 0 Å². The number of rotatable bonds is 4. The summed E-state index contributed by atoms with van der Waals surface area (Å²) in [6.45, 7) is 2.43. The molecular formula is C15H20O. The van der Waals surface area contributed by atoms with Gasteiger partial charge in [-0.1, -0.05) is 29.8 Å². The Morgan fingerprint density at radius 1 is 1.31 bits per heavy atom. The SMILES string of the molecule is C/C(=C\c1ccc2c(c1)CCC2)CCCO. The molecule has 0 heterocycles. The first-order valence-electron chi connectivity index (χ1n) is 6.19. The van der Waals surface area contributed by atoms with Crippen LogP contribution in [-0.4, -0.2) is 11.7 Å². The Balaban J connectivity index is 2.09. The van der Waals surface area contributed by atoms with Gasteiger partial charge < -0.3 is 5.11 Å². The highest BCUT2D eigenvalue weighted by Crippen LogP contribution is 2.24. The molecule has 0 bridgehead atoms. The molecule has 1 nitrogen and oxygen atoms in total. The summed E-state index contributed by atoms with van der Waals surface area (Å²) in [4.78, 5) is 0. The van der Waals surface area contributed by atoms with E-state index in [1.165, 1.54) is 41.5 Å². The van der Waals surface area contributed by atoms with E-state index in [1.54, 1.807) is 0 Å². The van der Waals surface area contributed by atoms with Crippen molar-refractivity contribution >= 4 is 6.08 Å². The molecule has 1 heteroatoms. The molecule has 1 aliphatic carbocycles. The maximum Gasteiger partial charge on any atom is 0.0434 e. The summed E-state index contributed by atoms with van der Waals surface area (Å²) in [6, 6.07) is 6.81. The third-order valence-electron chi connectivity index (χ3n) is 3.26. The fourth-order valence-electron chi connectivity index (χ4n) is 2.40. The van der Waals surface area contributed by atoms with Crippen LogP contribution in [0.1, 0.15) is 42.9 Å². The highest BCUT2D eigenvalue weighted by Gasteiger charge is 2.09. The Bertz CT molecular complexity index is 390. The largest absolute Gasteiger partial charge is 0.396 e. The highest BCUT2D eigenvalue weighted by molar-refractivity contribution is 5.55. The molecular weight excluding hydrogens is 196 g/mol. The molecule has 86 valence electrons. The van der Waals surface area contributed by atoms with Gasteiger partial charge in [0.1, 0.15) is 0 Å². The van der Waals surface area contributed by atoms with E-state index in [9.17, 15) is 0 Å². The second kappa shape index (κ2) is 5.31. The number of aryl methyl sites for hydroxylation is 2. The molecule has 0 radical (unpaired) electrons. The molecule has 2 rings (SSSR count). The third-order valence-corrected chi connectivity index (χ3v) is 3.26. The second-order valence-electron chi connectivity index (χ2n) is 4.70. The molecule has 0 saturated heterocycles. The number of aliphatic hydroxyl groups is 1. The molecule has 0 aromatic heterocycles. The number of hydrogen-bond donors (Lipinski definition) is 1. The van der Waals surface area contributed by atoms with Crippen LogP contribution in [0.15, 0.2) is 23.8 Å².